The molecule has 2 aromatic rings. The lowest BCUT2D eigenvalue weighted by Crippen LogP contribution is -2.36. The van der Waals surface area contributed by atoms with E-state index in [1.165, 1.54) is 23.3 Å². The monoisotopic (exact) mass is 309 g/mol. The summed E-state index contributed by atoms with van der Waals surface area (Å²) in [5.74, 6) is 0.178. The van der Waals surface area contributed by atoms with Gasteiger partial charge in [0.15, 0.2) is 0 Å². The van der Waals surface area contributed by atoms with E-state index in [2.05, 4.69) is 29.6 Å². The minimum Gasteiger partial charge on any atom is -0.338 e. The third-order valence-electron chi connectivity index (χ3n) is 4.59. The summed E-state index contributed by atoms with van der Waals surface area (Å²) >= 11 is 1.73. The molecule has 0 N–H and O–H groups in total. The summed E-state index contributed by atoms with van der Waals surface area (Å²) < 4.78 is 0. The van der Waals surface area contributed by atoms with Crippen molar-refractivity contribution < 1.29 is 4.79 Å². The van der Waals surface area contributed by atoms with E-state index < -0.39 is 0 Å². The Balaban J connectivity index is 1.45. The summed E-state index contributed by atoms with van der Waals surface area (Å²) in [5.41, 5.74) is 5.28. The van der Waals surface area contributed by atoms with Crippen molar-refractivity contribution in [1.29, 1.82) is 0 Å². The molecule has 112 valence electrons. The average Bonchev–Trinajstić information content (AvgIpc) is 3.29. The average molecular weight is 309 g/mol. The summed E-state index contributed by atoms with van der Waals surface area (Å²) in [4.78, 5) is 15.9. The third kappa shape index (κ3) is 2.73. The Morgan fingerprint density at radius 3 is 2.18 bits per heavy atom. The van der Waals surface area contributed by atoms with E-state index in [0.717, 1.165) is 31.5 Å². The number of rotatable bonds is 2. The van der Waals surface area contributed by atoms with Gasteiger partial charge in [-0.05, 0) is 54.8 Å². The molecule has 0 spiro atoms. The minimum absolute atomic E-state index is 0.178. The molecule has 1 saturated carbocycles. The molecule has 1 aliphatic carbocycles. The lowest BCUT2D eigenvalue weighted by atomic mass is 10.0. The normalized spacial score (nSPS) is 17.7. The molecule has 2 aliphatic rings. The van der Waals surface area contributed by atoms with Gasteiger partial charge in [-0.15, -0.1) is 11.3 Å². The minimum atomic E-state index is 0.178. The quantitative estimate of drug-likeness (QED) is 0.734. The van der Waals surface area contributed by atoms with Crippen molar-refractivity contribution >= 4 is 17.2 Å². The first-order chi connectivity index (χ1) is 10.8. The molecule has 2 heterocycles. The molecule has 2 nitrogen and oxygen atoms in total. The second-order valence-electron chi connectivity index (χ2n) is 6.05. The molecule has 1 amide bonds. The van der Waals surface area contributed by atoms with Gasteiger partial charge in [-0.2, -0.15) is 0 Å². The standard InChI is InChI=1S/C19H19NOS/c21-19(20-11-9-15(10-12-20)14-3-4-14)17-7-5-16(6-8-17)18-2-1-13-22-18/h1-2,5-8,13H,3-4,9-12H2. The van der Waals surface area contributed by atoms with Crippen LogP contribution in [-0.2, 0) is 0 Å². The number of likely N-dealkylation sites (tertiary alicyclic amines) is 1. The molecule has 0 atom stereocenters. The molecule has 2 fully saturated rings. The van der Waals surface area contributed by atoms with Crippen LogP contribution in [0.5, 0.6) is 0 Å². The second-order valence-corrected chi connectivity index (χ2v) is 7.00. The van der Waals surface area contributed by atoms with Crippen molar-refractivity contribution in [2.24, 2.45) is 0 Å². The number of carbonyl (C=O) groups excluding carboxylic acids is 1. The van der Waals surface area contributed by atoms with Crippen LogP contribution in [0.15, 0.2) is 52.9 Å². The van der Waals surface area contributed by atoms with E-state index in [1.54, 1.807) is 22.5 Å². The highest BCUT2D eigenvalue weighted by Gasteiger charge is 2.24. The first-order valence-corrected chi connectivity index (χ1v) is 8.82. The SMILES string of the molecule is O=C(c1ccc(-c2cccs2)cc1)N1CCC(=C2CC2)CC1. The molecule has 4 rings (SSSR count). The van der Waals surface area contributed by atoms with Gasteiger partial charge in [0.1, 0.15) is 0 Å². The van der Waals surface area contributed by atoms with Crippen molar-refractivity contribution in [3.63, 3.8) is 0 Å². The van der Waals surface area contributed by atoms with Crippen LogP contribution in [0.3, 0.4) is 0 Å². The number of piperidine rings is 1. The molecular weight excluding hydrogens is 290 g/mol. The third-order valence-corrected chi connectivity index (χ3v) is 5.51. The van der Waals surface area contributed by atoms with Gasteiger partial charge in [-0.25, -0.2) is 0 Å². The van der Waals surface area contributed by atoms with Crippen LogP contribution < -0.4 is 0 Å². The number of thiophene rings is 1. The maximum atomic E-state index is 12.6. The molecular formula is C19H19NOS. The Labute approximate surface area is 135 Å². The number of benzene rings is 1. The molecule has 1 saturated heterocycles. The number of hydrogen-bond acceptors (Lipinski definition) is 2. The predicted molar refractivity (Wildman–Crippen MR) is 91.2 cm³/mol. The highest BCUT2D eigenvalue weighted by atomic mass is 32.1. The molecule has 22 heavy (non-hydrogen) atoms. The smallest absolute Gasteiger partial charge is 0.253 e. The first-order valence-electron chi connectivity index (χ1n) is 7.94. The summed E-state index contributed by atoms with van der Waals surface area (Å²) in [6.07, 6.45) is 4.75. The van der Waals surface area contributed by atoms with Gasteiger partial charge >= 0.3 is 0 Å². The van der Waals surface area contributed by atoms with Crippen LogP contribution in [0.2, 0.25) is 0 Å². The zero-order valence-corrected chi connectivity index (χ0v) is 13.4. The summed E-state index contributed by atoms with van der Waals surface area (Å²) in [5, 5.41) is 2.08. The number of nitrogens with zero attached hydrogens (tertiary/aromatic N) is 1. The maximum absolute atomic E-state index is 12.6. The maximum Gasteiger partial charge on any atom is 0.253 e. The van der Waals surface area contributed by atoms with Crippen molar-refractivity contribution in [1.82, 2.24) is 4.90 Å². The van der Waals surface area contributed by atoms with Crippen LogP contribution in [0.4, 0.5) is 0 Å². The zero-order valence-electron chi connectivity index (χ0n) is 12.5. The molecule has 1 aromatic carbocycles. The van der Waals surface area contributed by atoms with Crippen molar-refractivity contribution in [2.45, 2.75) is 25.7 Å². The van der Waals surface area contributed by atoms with Crippen molar-refractivity contribution in [2.75, 3.05) is 13.1 Å². The summed E-state index contributed by atoms with van der Waals surface area (Å²) in [6.45, 7) is 1.76. The number of hydrogen-bond donors (Lipinski definition) is 0. The molecule has 0 radical (unpaired) electrons. The summed E-state index contributed by atoms with van der Waals surface area (Å²) in [7, 11) is 0. The first kappa shape index (κ1) is 13.8. The predicted octanol–water partition coefficient (Wildman–Crippen LogP) is 4.74. The Kier molecular flexibility index (Phi) is 3.59. The van der Waals surface area contributed by atoms with Crippen molar-refractivity contribution in [3.8, 4) is 10.4 Å². The van der Waals surface area contributed by atoms with E-state index in [9.17, 15) is 4.79 Å². The fourth-order valence-electron chi connectivity index (χ4n) is 3.15. The van der Waals surface area contributed by atoms with E-state index in [1.807, 2.05) is 17.0 Å². The lowest BCUT2D eigenvalue weighted by Gasteiger charge is -2.28. The van der Waals surface area contributed by atoms with Crippen LogP contribution in [0.1, 0.15) is 36.0 Å². The second kappa shape index (κ2) is 5.73. The van der Waals surface area contributed by atoms with E-state index in [-0.39, 0.29) is 5.91 Å². The van der Waals surface area contributed by atoms with Crippen LogP contribution >= 0.6 is 11.3 Å². The van der Waals surface area contributed by atoms with E-state index in [4.69, 9.17) is 0 Å². The van der Waals surface area contributed by atoms with Gasteiger partial charge in [-0.1, -0.05) is 29.3 Å². The van der Waals surface area contributed by atoms with Crippen LogP contribution in [0, 0.1) is 0 Å². The van der Waals surface area contributed by atoms with Crippen molar-refractivity contribution in [3.05, 3.63) is 58.5 Å². The molecule has 1 aliphatic heterocycles. The fraction of sp³-hybridized carbons (Fsp3) is 0.316. The molecule has 0 unspecified atom stereocenters. The van der Waals surface area contributed by atoms with Gasteiger partial charge in [0.25, 0.3) is 5.91 Å². The lowest BCUT2D eigenvalue weighted by molar-refractivity contribution is 0.0743. The topological polar surface area (TPSA) is 20.3 Å². The van der Waals surface area contributed by atoms with Gasteiger partial charge in [0.05, 0.1) is 0 Å². The Morgan fingerprint density at radius 2 is 1.59 bits per heavy atom. The highest BCUT2D eigenvalue weighted by Crippen LogP contribution is 2.36. The molecule has 3 heteroatoms. The van der Waals surface area contributed by atoms with Crippen LogP contribution in [0.25, 0.3) is 10.4 Å². The largest absolute Gasteiger partial charge is 0.338 e. The number of amides is 1. The molecule has 1 aromatic heterocycles. The summed E-state index contributed by atoms with van der Waals surface area (Å²) in [6, 6.07) is 12.2. The Bertz CT molecular complexity index is 696. The van der Waals surface area contributed by atoms with E-state index in [0.29, 0.717) is 0 Å². The highest BCUT2D eigenvalue weighted by molar-refractivity contribution is 7.13. The fourth-order valence-corrected chi connectivity index (χ4v) is 3.88. The van der Waals surface area contributed by atoms with E-state index >= 15 is 0 Å². The van der Waals surface area contributed by atoms with Crippen LogP contribution in [-0.4, -0.2) is 23.9 Å². The number of allylic oxidation sites excluding steroid dienone is 1. The number of carbonyl (C=O) groups is 1. The van der Waals surface area contributed by atoms with Gasteiger partial charge in [0.2, 0.25) is 0 Å². The van der Waals surface area contributed by atoms with Gasteiger partial charge < -0.3 is 4.90 Å². The Morgan fingerprint density at radius 1 is 0.909 bits per heavy atom. The Hall–Kier alpha value is -1.87. The zero-order chi connectivity index (χ0) is 14.9. The molecule has 0 bridgehead atoms. The van der Waals surface area contributed by atoms with Gasteiger partial charge in [-0.3, -0.25) is 4.79 Å². The van der Waals surface area contributed by atoms with Gasteiger partial charge in [0, 0.05) is 23.5 Å².